The maximum absolute atomic E-state index is 10.9. The normalized spacial score (nSPS) is 21.9. The maximum Gasteiger partial charge on any atom is 0.469 e. The van der Waals surface area contributed by atoms with Gasteiger partial charge < -0.3 is 25.0 Å². The molecule has 3 rings (SSSR count). The Morgan fingerprint density at radius 1 is 1.17 bits per heavy atom. The lowest BCUT2D eigenvalue weighted by atomic mass is 9.94. The number of ether oxygens (including phenoxy) is 2. The molecule has 0 unspecified atom stereocenters. The molecule has 0 spiro atoms. The van der Waals surface area contributed by atoms with Crippen LogP contribution in [-0.4, -0.2) is 35.6 Å². The SMILES string of the molecule is COc1cccc(CCOc2ccc([C@@H]3CC[C@](N)(COP(=O)(O)O)C3)cc2)c1. The molecular weight excluding hydrogens is 393 g/mol. The number of rotatable bonds is 9. The highest BCUT2D eigenvalue weighted by Crippen LogP contribution is 2.43. The standard InChI is InChI=1S/C21H28NO6P/c1-26-20-4-2-3-16(13-20)10-12-27-19-7-5-17(6-8-19)18-9-11-21(22,14-18)15-28-29(23,24)25/h2-8,13,18H,9-12,14-15,22H2,1H3,(H2,23,24,25)/t18-,21-/m1/s1. The van der Waals surface area contributed by atoms with Crippen LogP contribution in [-0.2, 0) is 15.5 Å². The van der Waals surface area contributed by atoms with Crippen LogP contribution >= 0.6 is 7.82 Å². The zero-order valence-electron chi connectivity index (χ0n) is 16.5. The predicted molar refractivity (Wildman–Crippen MR) is 110 cm³/mol. The van der Waals surface area contributed by atoms with Crippen molar-refractivity contribution in [2.45, 2.75) is 37.1 Å². The Morgan fingerprint density at radius 2 is 1.93 bits per heavy atom. The molecule has 0 aromatic heterocycles. The van der Waals surface area contributed by atoms with Crippen LogP contribution in [0, 0.1) is 0 Å². The van der Waals surface area contributed by atoms with Gasteiger partial charge in [0.05, 0.1) is 20.3 Å². The third-order valence-electron chi connectivity index (χ3n) is 5.31. The molecule has 2 aromatic rings. The van der Waals surface area contributed by atoms with Gasteiger partial charge in [-0.3, -0.25) is 4.52 Å². The Labute approximate surface area is 171 Å². The Kier molecular flexibility index (Phi) is 6.98. The molecule has 1 saturated carbocycles. The molecule has 158 valence electrons. The van der Waals surface area contributed by atoms with Gasteiger partial charge in [0.1, 0.15) is 11.5 Å². The largest absolute Gasteiger partial charge is 0.497 e. The minimum atomic E-state index is -4.50. The zero-order valence-corrected chi connectivity index (χ0v) is 17.4. The summed E-state index contributed by atoms with van der Waals surface area (Å²) in [6.45, 7) is 0.431. The second-order valence-corrected chi connectivity index (χ2v) is 8.82. The van der Waals surface area contributed by atoms with Crippen LogP contribution in [0.25, 0.3) is 0 Å². The first-order valence-electron chi connectivity index (χ1n) is 9.61. The molecule has 0 saturated heterocycles. The minimum absolute atomic E-state index is 0.140. The molecule has 0 amide bonds. The molecule has 0 aliphatic heterocycles. The van der Waals surface area contributed by atoms with Gasteiger partial charge >= 0.3 is 7.82 Å². The Hall–Kier alpha value is -1.89. The van der Waals surface area contributed by atoms with Crippen molar-refractivity contribution in [3.63, 3.8) is 0 Å². The third kappa shape index (κ3) is 6.56. The van der Waals surface area contributed by atoms with Crippen molar-refractivity contribution in [1.29, 1.82) is 0 Å². The van der Waals surface area contributed by atoms with E-state index in [1.165, 1.54) is 0 Å². The van der Waals surface area contributed by atoms with Crippen molar-refractivity contribution in [1.82, 2.24) is 0 Å². The molecule has 2 aromatic carbocycles. The molecule has 7 nitrogen and oxygen atoms in total. The average molecular weight is 421 g/mol. The van der Waals surface area contributed by atoms with E-state index < -0.39 is 13.4 Å². The second kappa shape index (κ2) is 9.28. The lowest BCUT2D eigenvalue weighted by molar-refractivity contribution is 0.153. The van der Waals surface area contributed by atoms with E-state index in [1.807, 2.05) is 48.5 Å². The summed E-state index contributed by atoms with van der Waals surface area (Å²) in [4.78, 5) is 17.8. The number of hydrogen-bond donors (Lipinski definition) is 3. The maximum atomic E-state index is 10.9. The summed E-state index contributed by atoms with van der Waals surface area (Å²) in [6.07, 6.45) is 2.94. The van der Waals surface area contributed by atoms with Crippen LogP contribution in [0.15, 0.2) is 48.5 Å². The van der Waals surface area contributed by atoms with E-state index in [-0.39, 0.29) is 12.5 Å². The molecule has 2 atom stereocenters. The van der Waals surface area contributed by atoms with E-state index in [1.54, 1.807) is 7.11 Å². The minimum Gasteiger partial charge on any atom is -0.497 e. The first-order valence-corrected chi connectivity index (χ1v) is 11.1. The van der Waals surface area contributed by atoms with Crippen molar-refractivity contribution in [3.8, 4) is 11.5 Å². The fraction of sp³-hybridized carbons (Fsp3) is 0.429. The van der Waals surface area contributed by atoms with Gasteiger partial charge in [-0.2, -0.15) is 0 Å². The molecule has 4 N–H and O–H groups in total. The van der Waals surface area contributed by atoms with Crippen molar-refractivity contribution >= 4 is 7.82 Å². The smallest absolute Gasteiger partial charge is 0.469 e. The molecule has 1 fully saturated rings. The highest BCUT2D eigenvalue weighted by Gasteiger charge is 2.38. The van der Waals surface area contributed by atoms with E-state index in [4.69, 9.17) is 25.0 Å². The van der Waals surface area contributed by atoms with E-state index >= 15 is 0 Å². The quantitative estimate of drug-likeness (QED) is 0.532. The Balaban J connectivity index is 1.49. The number of nitrogens with two attached hydrogens (primary N) is 1. The number of benzene rings is 2. The van der Waals surface area contributed by atoms with Crippen LogP contribution in [0.5, 0.6) is 11.5 Å². The molecule has 1 aliphatic carbocycles. The highest BCUT2D eigenvalue weighted by molar-refractivity contribution is 7.46. The fourth-order valence-corrected chi connectivity index (χ4v) is 4.16. The lowest BCUT2D eigenvalue weighted by Crippen LogP contribution is -2.41. The first kappa shape index (κ1) is 21.8. The van der Waals surface area contributed by atoms with Crippen LogP contribution in [0.3, 0.4) is 0 Å². The molecule has 1 aliphatic rings. The topological polar surface area (TPSA) is 111 Å². The van der Waals surface area contributed by atoms with Gasteiger partial charge in [-0.25, -0.2) is 4.57 Å². The van der Waals surface area contributed by atoms with Crippen LogP contribution < -0.4 is 15.2 Å². The number of phosphoric ester groups is 1. The zero-order chi connectivity index (χ0) is 20.9. The van der Waals surface area contributed by atoms with Gasteiger partial charge in [0.2, 0.25) is 0 Å². The van der Waals surface area contributed by atoms with Crippen molar-refractivity contribution in [3.05, 3.63) is 59.7 Å². The van der Waals surface area contributed by atoms with Crippen molar-refractivity contribution < 1.29 is 28.3 Å². The van der Waals surface area contributed by atoms with Crippen LogP contribution in [0.2, 0.25) is 0 Å². The third-order valence-corrected chi connectivity index (χ3v) is 5.77. The van der Waals surface area contributed by atoms with Gasteiger partial charge in [-0.15, -0.1) is 0 Å². The molecule has 29 heavy (non-hydrogen) atoms. The second-order valence-electron chi connectivity index (χ2n) is 7.59. The van der Waals surface area contributed by atoms with E-state index in [0.29, 0.717) is 19.4 Å². The summed E-state index contributed by atoms with van der Waals surface area (Å²) >= 11 is 0. The molecule has 0 bridgehead atoms. The van der Waals surface area contributed by atoms with Crippen molar-refractivity contribution in [2.24, 2.45) is 5.73 Å². The monoisotopic (exact) mass is 421 g/mol. The van der Waals surface area contributed by atoms with Gasteiger partial charge in [0, 0.05) is 12.0 Å². The van der Waals surface area contributed by atoms with Gasteiger partial charge in [-0.1, -0.05) is 24.3 Å². The molecular formula is C21H28NO6P. The Morgan fingerprint density at radius 3 is 2.62 bits per heavy atom. The summed E-state index contributed by atoms with van der Waals surface area (Å²) < 4.78 is 26.6. The number of methoxy groups -OCH3 is 1. The van der Waals surface area contributed by atoms with Gasteiger partial charge in [0.25, 0.3) is 0 Å². The first-order chi connectivity index (χ1) is 13.8. The highest BCUT2D eigenvalue weighted by atomic mass is 31.2. The van der Waals surface area contributed by atoms with Gasteiger partial charge in [-0.05, 0) is 60.6 Å². The molecule has 0 radical (unpaired) electrons. The number of phosphoric acid groups is 1. The lowest BCUT2D eigenvalue weighted by Gasteiger charge is -2.24. The Bertz CT molecular complexity index is 853. The average Bonchev–Trinajstić information content (AvgIpc) is 3.09. The summed E-state index contributed by atoms with van der Waals surface area (Å²) in [5, 5.41) is 0. The van der Waals surface area contributed by atoms with E-state index in [2.05, 4.69) is 4.52 Å². The number of hydrogen-bond acceptors (Lipinski definition) is 5. The van der Waals surface area contributed by atoms with Crippen molar-refractivity contribution in [2.75, 3.05) is 20.3 Å². The fourth-order valence-electron chi connectivity index (χ4n) is 3.74. The summed E-state index contributed by atoms with van der Waals surface area (Å²) in [5.74, 6) is 1.88. The van der Waals surface area contributed by atoms with E-state index in [0.717, 1.165) is 35.5 Å². The van der Waals surface area contributed by atoms with Crippen LogP contribution in [0.1, 0.15) is 36.3 Å². The summed E-state index contributed by atoms with van der Waals surface area (Å²) in [7, 11) is -2.85. The molecule has 0 heterocycles. The van der Waals surface area contributed by atoms with Gasteiger partial charge in [0.15, 0.2) is 0 Å². The predicted octanol–water partition coefficient (Wildman–Crippen LogP) is 3.39. The molecule has 8 heteroatoms. The summed E-state index contributed by atoms with van der Waals surface area (Å²) in [6, 6.07) is 15.9. The van der Waals surface area contributed by atoms with E-state index in [9.17, 15) is 4.57 Å². The summed E-state index contributed by atoms with van der Waals surface area (Å²) in [5.41, 5.74) is 7.86. The van der Waals surface area contributed by atoms with Crippen LogP contribution in [0.4, 0.5) is 0 Å².